The van der Waals surface area contributed by atoms with Crippen LogP contribution >= 0.6 is 15.9 Å². The van der Waals surface area contributed by atoms with E-state index < -0.39 is 0 Å². The number of para-hydroxylation sites is 1. The van der Waals surface area contributed by atoms with Crippen LogP contribution in [0.5, 0.6) is 0 Å². The van der Waals surface area contributed by atoms with Gasteiger partial charge in [-0.15, -0.1) is 0 Å². The molecule has 1 heterocycles. The normalized spacial score (nSPS) is 9.81. The number of benzene rings is 1. The van der Waals surface area contributed by atoms with E-state index in [1.54, 1.807) is 18.2 Å². The second kappa shape index (κ2) is 4.90. The van der Waals surface area contributed by atoms with Crippen molar-refractivity contribution in [1.29, 1.82) is 0 Å². The van der Waals surface area contributed by atoms with E-state index >= 15 is 0 Å². The maximum atomic E-state index is 11.8. The molecule has 80 valence electrons. The van der Waals surface area contributed by atoms with E-state index in [1.807, 2.05) is 30.3 Å². The molecule has 1 aromatic heterocycles. The summed E-state index contributed by atoms with van der Waals surface area (Å²) >= 11 is 3.22. The average molecular weight is 277 g/mol. The van der Waals surface area contributed by atoms with Crippen molar-refractivity contribution in [2.45, 2.75) is 0 Å². The van der Waals surface area contributed by atoms with Crippen molar-refractivity contribution in [2.24, 2.45) is 0 Å². The molecule has 0 atom stereocenters. The molecule has 2 rings (SSSR count). The number of pyridine rings is 1. The fourth-order valence-corrected chi connectivity index (χ4v) is 1.59. The van der Waals surface area contributed by atoms with Crippen molar-refractivity contribution in [3.8, 4) is 0 Å². The van der Waals surface area contributed by atoms with Crippen molar-refractivity contribution in [3.05, 3.63) is 58.8 Å². The summed E-state index contributed by atoms with van der Waals surface area (Å²) in [6.07, 6.45) is 0. The largest absolute Gasteiger partial charge is 0.321 e. The molecular weight excluding hydrogens is 268 g/mol. The predicted molar refractivity (Wildman–Crippen MR) is 66.3 cm³/mol. The Bertz CT molecular complexity index is 499. The quantitative estimate of drug-likeness (QED) is 0.857. The third-order valence-electron chi connectivity index (χ3n) is 1.98. The SMILES string of the molecule is O=C(Nc1ccccc1)c1cccc(Br)n1. The Labute approximate surface area is 102 Å². The van der Waals surface area contributed by atoms with E-state index in [0.717, 1.165) is 5.69 Å². The van der Waals surface area contributed by atoms with E-state index in [4.69, 9.17) is 0 Å². The summed E-state index contributed by atoms with van der Waals surface area (Å²) in [5.41, 5.74) is 1.15. The van der Waals surface area contributed by atoms with Crippen LogP contribution in [-0.4, -0.2) is 10.9 Å². The topological polar surface area (TPSA) is 42.0 Å². The number of amides is 1. The van der Waals surface area contributed by atoms with Gasteiger partial charge in [-0.3, -0.25) is 4.79 Å². The number of nitrogens with zero attached hydrogens (tertiary/aromatic N) is 1. The van der Waals surface area contributed by atoms with Crippen molar-refractivity contribution in [3.63, 3.8) is 0 Å². The molecule has 1 N–H and O–H groups in total. The molecule has 16 heavy (non-hydrogen) atoms. The minimum atomic E-state index is -0.215. The highest BCUT2D eigenvalue weighted by Gasteiger charge is 2.07. The first-order chi connectivity index (χ1) is 7.75. The molecule has 0 bridgehead atoms. The summed E-state index contributed by atoms with van der Waals surface area (Å²) in [6, 6.07) is 14.5. The fourth-order valence-electron chi connectivity index (χ4n) is 1.25. The maximum Gasteiger partial charge on any atom is 0.274 e. The molecule has 0 unspecified atom stereocenters. The zero-order valence-electron chi connectivity index (χ0n) is 8.35. The number of anilines is 1. The highest BCUT2D eigenvalue weighted by molar-refractivity contribution is 9.10. The molecule has 1 aromatic carbocycles. The summed E-state index contributed by atoms with van der Waals surface area (Å²) in [6.45, 7) is 0. The van der Waals surface area contributed by atoms with Gasteiger partial charge in [-0.2, -0.15) is 0 Å². The molecule has 2 aromatic rings. The molecule has 0 radical (unpaired) electrons. The van der Waals surface area contributed by atoms with Gasteiger partial charge in [0.15, 0.2) is 0 Å². The monoisotopic (exact) mass is 276 g/mol. The molecule has 1 amide bonds. The predicted octanol–water partition coefficient (Wildman–Crippen LogP) is 3.10. The first kappa shape index (κ1) is 10.8. The van der Waals surface area contributed by atoms with Gasteiger partial charge < -0.3 is 5.32 Å². The summed E-state index contributed by atoms with van der Waals surface area (Å²) in [5.74, 6) is -0.215. The maximum absolute atomic E-state index is 11.8. The summed E-state index contributed by atoms with van der Waals surface area (Å²) in [5, 5.41) is 2.76. The van der Waals surface area contributed by atoms with E-state index in [1.165, 1.54) is 0 Å². The van der Waals surface area contributed by atoms with E-state index in [9.17, 15) is 4.79 Å². The molecule has 0 saturated carbocycles. The van der Waals surface area contributed by atoms with E-state index in [-0.39, 0.29) is 5.91 Å². The fraction of sp³-hybridized carbons (Fsp3) is 0. The number of carbonyl (C=O) groups is 1. The smallest absolute Gasteiger partial charge is 0.274 e. The number of hydrogen-bond donors (Lipinski definition) is 1. The number of aromatic nitrogens is 1. The summed E-state index contributed by atoms with van der Waals surface area (Å²) in [4.78, 5) is 15.8. The Morgan fingerprint density at radius 1 is 1.06 bits per heavy atom. The molecule has 0 aliphatic rings. The van der Waals surface area contributed by atoms with Gasteiger partial charge in [0.1, 0.15) is 10.3 Å². The van der Waals surface area contributed by atoms with Crippen molar-refractivity contribution in [2.75, 3.05) is 5.32 Å². The lowest BCUT2D eigenvalue weighted by molar-refractivity contribution is 0.102. The van der Waals surface area contributed by atoms with Gasteiger partial charge in [0.25, 0.3) is 5.91 Å². The Morgan fingerprint density at radius 2 is 1.81 bits per heavy atom. The van der Waals surface area contributed by atoms with Crippen LogP contribution in [0, 0.1) is 0 Å². The van der Waals surface area contributed by atoms with Crippen LogP contribution in [0.15, 0.2) is 53.1 Å². The third kappa shape index (κ3) is 2.67. The van der Waals surface area contributed by atoms with Gasteiger partial charge in [-0.1, -0.05) is 24.3 Å². The van der Waals surface area contributed by atoms with Gasteiger partial charge in [0.2, 0.25) is 0 Å². The summed E-state index contributed by atoms with van der Waals surface area (Å²) < 4.78 is 0.646. The van der Waals surface area contributed by atoms with Gasteiger partial charge >= 0.3 is 0 Å². The lowest BCUT2D eigenvalue weighted by atomic mass is 10.3. The summed E-state index contributed by atoms with van der Waals surface area (Å²) in [7, 11) is 0. The lowest BCUT2D eigenvalue weighted by Gasteiger charge is -2.04. The Morgan fingerprint density at radius 3 is 2.50 bits per heavy atom. The van der Waals surface area contributed by atoms with Crippen LogP contribution in [0.25, 0.3) is 0 Å². The standard InChI is InChI=1S/C12H9BrN2O/c13-11-8-4-7-10(15-11)12(16)14-9-5-2-1-3-6-9/h1-8H,(H,14,16). The second-order valence-electron chi connectivity index (χ2n) is 3.17. The lowest BCUT2D eigenvalue weighted by Crippen LogP contribution is -2.13. The van der Waals surface area contributed by atoms with Gasteiger partial charge in [-0.05, 0) is 40.2 Å². The number of nitrogens with one attached hydrogen (secondary N) is 1. The third-order valence-corrected chi connectivity index (χ3v) is 2.42. The van der Waals surface area contributed by atoms with Crippen LogP contribution in [0.1, 0.15) is 10.5 Å². The minimum Gasteiger partial charge on any atom is -0.321 e. The number of rotatable bonds is 2. The first-order valence-electron chi connectivity index (χ1n) is 4.75. The molecule has 0 saturated heterocycles. The van der Waals surface area contributed by atoms with Crippen LogP contribution in [0.4, 0.5) is 5.69 Å². The van der Waals surface area contributed by atoms with Crippen molar-refractivity contribution >= 4 is 27.5 Å². The Hall–Kier alpha value is -1.68. The van der Waals surface area contributed by atoms with Gasteiger partial charge in [0, 0.05) is 5.69 Å². The highest BCUT2D eigenvalue weighted by atomic mass is 79.9. The molecule has 4 heteroatoms. The number of carbonyl (C=O) groups excluding carboxylic acids is 1. The zero-order chi connectivity index (χ0) is 11.4. The molecular formula is C12H9BrN2O. The molecule has 0 spiro atoms. The van der Waals surface area contributed by atoms with E-state index in [0.29, 0.717) is 10.3 Å². The van der Waals surface area contributed by atoms with Gasteiger partial charge in [0.05, 0.1) is 0 Å². The van der Waals surface area contributed by atoms with Crippen LogP contribution in [0.2, 0.25) is 0 Å². The molecule has 0 fully saturated rings. The van der Waals surface area contributed by atoms with Crippen molar-refractivity contribution < 1.29 is 4.79 Å². The average Bonchev–Trinajstić information content (AvgIpc) is 2.30. The molecule has 0 aliphatic heterocycles. The molecule has 3 nitrogen and oxygen atoms in total. The number of halogens is 1. The highest BCUT2D eigenvalue weighted by Crippen LogP contribution is 2.10. The van der Waals surface area contributed by atoms with Crippen LogP contribution in [0.3, 0.4) is 0 Å². The minimum absolute atomic E-state index is 0.215. The number of hydrogen-bond acceptors (Lipinski definition) is 2. The first-order valence-corrected chi connectivity index (χ1v) is 5.54. The van der Waals surface area contributed by atoms with Crippen molar-refractivity contribution in [1.82, 2.24) is 4.98 Å². The second-order valence-corrected chi connectivity index (χ2v) is 3.98. The van der Waals surface area contributed by atoms with Crippen LogP contribution < -0.4 is 5.32 Å². The zero-order valence-corrected chi connectivity index (χ0v) is 9.94. The van der Waals surface area contributed by atoms with Gasteiger partial charge in [-0.25, -0.2) is 4.98 Å². The molecule has 0 aliphatic carbocycles. The Kier molecular flexibility index (Phi) is 3.31. The van der Waals surface area contributed by atoms with Crippen LogP contribution in [-0.2, 0) is 0 Å². The van der Waals surface area contributed by atoms with E-state index in [2.05, 4.69) is 26.2 Å². The Balaban J connectivity index is 2.15.